The maximum absolute atomic E-state index is 13.5. The molecular formula is C13H7F5O3. The van der Waals surface area contributed by atoms with E-state index in [2.05, 4.69) is 4.74 Å². The molecule has 0 bridgehead atoms. The standard InChI is InChI=1S/C13H7F5O3/c14-10-3-7(6-1-8(19)5-9(20)2-6)4-11(15)12(10)21-13(16,17)18/h1-5,19-20H. The second-order valence-electron chi connectivity index (χ2n) is 4.05. The Hall–Kier alpha value is -2.51. The van der Waals surface area contributed by atoms with Gasteiger partial charge in [-0.2, -0.15) is 0 Å². The summed E-state index contributed by atoms with van der Waals surface area (Å²) < 4.78 is 66.4. The zero-order valence-corrected chi connectivity index (χ0v) is 10.1. The van der Waals surface area contributed by atoms with Gasteiger partial charge in [0.05, 0.1) is 0 Å². The first-order valence-electron chi connectivity index (χ1n) is 5.44. The van der Waals surface area contributed by atoms with Crippen molar-refractivity contribution in [2.24, 2.45) is 0 Å². The first-order valence-corrected chi connectivity index (χ1v) is 5.44. The third-order valence-electron chi connectivity index (χ3n) is 2.45. The molecule has 0 radical (unpaired) electrons. The van der Waals surface area contributed by atoms with Gasteiger partial charge in [-0.05, 0) is 35.4 Å². The van der Waals surface area contributed by atoms with E-state index in [-0.39, 0.29) is 22.6 Å². The van der Waals surface area contributed by atoms with Crippen molar-refractivity contribution in [3.05, 3.63) is 42.0 Å². The van der Waals surface area contributed by atoms with E-state index < -0.39 is 23.7 Å². The van der Waals surface area contributed by atoms with Crippen LogP contribution in [0.3, 0.4) is 0 Å². The molecule has 0 aliphatic heterocycles. The lowest BCUT2D eigenvalue weighted by Crippen LogP contribution is -2.19. The molecule has 0 aromatic heterocycles. The van der Waals surface area contributed by atoms with E-state index in [1.165, 1.54) is 0 Å². The average Bonchev–Trinajstić information content (AvgIpc) is 2.31. The average molecular weight is 306 g/mol. The zero-order valence-electron chi connectivity index (χ0n) is 10.1. The van der Waals surface area contributed by atoms with Crippen molar-refractivity contribution in [1.29, 1.82) is 0 Å². The van der Waals surface area contributed by atoms with Gasteiger partial charge in [0.2, 0.25) is 5.75 Å². The molecule has 2 rings (SSSR count). The van der Waals surface area contributed by atoms with Gasteiger partial charge in [0.25, 0.3) is 0 Å². The van der Waals surface area contributed by atoms with Gasteiger partial charge < -0.3 is 14.9 Å². The molecule has 3 nitrogen and oxygen atoms in total. The number of hydrogen-bond acceptors (Lipinski definition) is 3. The van der Waals surface area contributed by atoms with Gasteiger partial charge in [0, 0.05) is 6.07 Å². The summed E-state index contributed by atoms with van der Waals surface area (Å²) in [5.74, 6) is -5.45. The lowest BCUT2D eigenvalue weighted by molar-refractivity contribution is -0.276. The summed E-state index contributed by atoms with van der Waals surface area (Å²) in [5.41, 5.74) is -0.158. The van der Waals surface area contributed by atoms with Crippen molar-refractivity contribution < 1.29 is 36.9 Å². The molecular weight excluding hydrogens is 299 g/mol. The predicted octanol–water partition coefficient (Wildman–Crippen LogP) is 3.94. The Balaban J connectivity index is 2.49. The van der Waals surface area contributed by atoms with E-state index in [4.69, 9.17) is 0 Å². The number of alkyl halides is 3. The van der Waals surface area contributed by atoms with Crippen molar-refractivity contribution in [3.63, 3.8) is 0 Å². The van der Waals surface area contributed by atoms with E-state index in [0.717, 1.165) is 18.2 Å². The summed E-state index contributed by atoms with van der Waals surface area (Å²) in [6.45, 7) is 0. The summed E-state index contributed by atoms with van der Waals surface area (Å²) >= 11 is 0. The number of hydrogen-bond donors (Lipinski definition) is 2. The molecule has 0 aliphatic rings. The molecule has 0 saturated heterocycles. The molecule has 8 heteroatoms. The third-order valence-corrected chi connectivity index (χ3v) is 2.45. The Morgan fingerprint density at radius 2 is 1.19 bits per heavy atom. The molecule has 0 saturated carbocycles. The van der Waals surface area contributed by atoms with Crippen molar-refractivity contribution in [2.75, 3.05) is 0 Å². The lowest BCUT2D eigenvalue weighted by atomic mass is 10.0. The van der Waals surface area contributed by atoms with E-state index >= 15 is 0 Å². The van der Waals surface area contributed by atoms with Gasteiger partial charge in [0.1, 0.15) is 11.5 Å². The van der Waals surface area contributed by atoms with Gasteiger partial charge in [-0.1, -0.05) is 0 Å². The smallest absolute Gasteiger partial charge is 0.508 e. The molecule has 0 unspecified atom stereocenters. The van der Waals surface area contributed by atoms with Crippen LogP contribution in [0.2, 0.25) is 0 Å². The van der Waals surface area contributed by atoms with E-state index in [0.29, 0.717) is 12.1 Å². The SMILES string of the molecule is Oc1cc(O)cc(-c2cc(F)c(OC(F)(F)F)c(F)c2)c1. The van der Waals surface area contributed by atoms with Gasteiger partial charge in [-0.3, -0.25) is 0 Å². The molecule has 0 aliphatic carbocycles. The molecule has 0 spiro atoms. The number of benzene rings is 2. The number of rotatable bonds is 2. The Morgan fingerprint density at radius 3 is 1.62 bits per heavy atom. The maximum Gasteiger partial charge on any atom is 0.573 e. The van der Waals surface area contributed by atoms with Crippen molar-refractivity contribution in [2.45, 2.75) is 6.36 Å². The number of phenolic OH excluding ortho intramolecular Hbond substituents is 2. The van der Waals surface area contributed by atoms with Crippen LogP contribution < -0.4 is 4.74 Å². The van der Waals surface area contributed by atoms with Crippen molar-refractivity contribution in [3.8, 4) is 28.4 Å². The number of halogens is 5. The maximum atomic E-state index is 13.5. The van der Waals surface area contributed by atoms with Crippen LogP contribution in [0, 0.1) is 11.6 Å². The second kappa shape index (κ2) is 5.12. The predicted molar refractivity (Wildman–Crippen MR) is 61.8 cm³/mol. The molecule has 0 fully saturated rings. The quantitative estimate of drug-likeness (QED) is 0.826. The Morgan fingerprint density at radius 1 is 0.762 bits per heavy atom. The highest BCUT2D eigenvalue weighted by atomic mass is 19.4. The van der Waals surface area contributed by atoms with Gasteiger partial charge >= 0.3 is 6.36 Å². The van der Waals surface area contributed by atoms with Gasteiger partial charge in [0.15, 0.2) is 11.6 Å². The molecule has 0 amide bonds. The minimum atomic E-state index is -5.23. The van der Waals surface area contributed by atoms with E-state index in [1.54, 1.807) is 0 Å². The summed E-state index contributed by atoms with van der Waals surface area (Å²) in [5, 5.41) is 18.6. The van der Waals surface area contributed by atoms with Gasteiger partial charge in [-0.15, -0.1) is 13.2 Å². The highest BCUT2D eigenvalue weighted by Gasteiger charge is 2.34. The van der Waals surface area contributed by atoms with E-state index in [1.807, 2.05) is 0 Å². The van der Waals surface area contributed by atoms with Crippen LogP contribution in [0.4, 0.5) is 22.0 Å². The van der Waals surface area contributed by atoms with Crippen LogP contribution in [0.1, 0.15) is 0 Å². The minimum Gasteiger partial charge on any atom is -0.508 e. The third kappa shape index (κ3) is 3.53. The number of aromatic hydroxyl groups is 2. The molecule has 21 heavy (non-hydrogen) atoms. The first-order chi connectivity index (χ1) is 9.65. The summed E-state index contributed by atoms with van der Waals surface area (Å²) in [6.07, 6.45) is -5.23. The lowest BCUT2D eigenvalue weighted by Gasteiger charge is -2.12. The highest BCUT2D eigenvalue weighted by Crippen LogP contribution is 2.34. The molecule has 2 N–H and O–H groups in total. The Labute approximate surface area is 114 Å². The molecule has 0 atom stereocenters. The molecule has 2 aromatic carbocycles. The van der Waals surface area contributed by atoms with Crippen LogP contribution in [-0.4, -0.2) is 16.6 Å². The number of phenols is 2. The summed E-state index contributed by atoms with van der Waals surface area (Å²) in [6, 6.07) is 4.34. The van der Waals surface area contributed by atoms with Crippen molar-refractivity contribution in [1.82, 2.24) is 0 Å². The van der Waals surface area contributed by atoms with Crippen LogP contribution in [0.25, 0.3) is 11.1 Å². The topological polar surface area (TPSA) is 49.7 Å². The normalized spacial score (nSPS) is 11.5. The summed E-state index contributed by atoms with van der Waals surface area (Å²) in [7, 11) is 0. The largest absolute Gasteiger partial charge is 0.573 e. The Bertz CT molecular complexity index is 639. The fraction of sp³-hybridized carbons (Fsp3) is 0.0769. The van der Waals surface area contributed by atoms with Gasteiger partial charge in [-0.25, -0.2) is 8.78 Å². The van der Waals surface area contributed by atoms with E-state index in [9.17, 15) is 32.2 Å². The molecule has 2 aromatic rings. The van der Waals surface area contributed by atoms with Crippen LogP contribution in [0.5, 0.6) is 17.2 Å². The number of ether oxygens (including phenoxy) is 1. The first kappa shape index (κ1) is 14.9. The van der Waals surface area contributed by atoms with Crippen molar-refractivity contribution >= 4 is 0 Å². The summed E-state index contributed by atoms with van der Waals surface area (Å²) in [4.78, 5) is 0. The zero-order chi connectivity index (χ0) is 15.8. The fourth-order valence-electron chi connectivity index (χ4n) is 1.70. The van der Waals surface area contributed by atoms with Crippen LogP contribution in [0.15, 0.2) is 30.3 Å². The highest BCUT2D eigenvalue weighted by molar-refractivity contribution is 5.68. The van der Waals surface area contributed by atoms with Crippen LogP contribution >= 0.6 is 0 Å². The molecule has 0 heterocycles. The second-order valence-corrected chi connectivity index (χ2v) is 4.05. The minimum absolute atomic E-state index is 0.0175. The fourth-order valence-corrected chi connectivity index (χ4v) is 1.70. The molecule has 112 valence electrons. The Kier molecular flexibility index (Phi) is 3.63. The van der Waals surface area contributed by atoms with Crippen LogP contribution in [-0.2, 0) is 0 Å². The monoisotopic (exact) mass is 306 g/mol.